The number of carbonyl (C=O) groups is 1. The number of aliphatic carboxylic acids is 1. The van der Waals surface area contributed by atoms with Crippen LogP contribution in [0, 0.1) is 0 Å². The first kappa shape index (κ1) is 39.9. The fourth-order valence-electron chi connectivity index (χ4n) is 2.63. The van der Waals surface area contributed by atoms with E-state index in [4.69, 9.17) is 61.9 Å². The van der Waals surface area contributed by atoms with E-state index in [1.807, 2.05) is 0 Å². The Kier molecular flexibility index (Phi) is 36.0. The van der Waals surface area contributed by atoms with E-state index >= 15 is 0 Å². The standard InChI is InChI=1S/C26H51FO14/c27-1-2-30-3-4-31-5-6-32-7-8-33-9-10-34-11-12-35-13-14-36-15-16-37-17-18-38-19-20-39-21-22-40-23-24-41-25-26(28)29/h1-25H2,(H,28,29). The van der Waals surface area contributed by atoms with Crippen molar-refractivity contribution < 1.29 is 71.1 Å². The van der Waals surface area contributed by atoms with Crippen LogP contribution < -0.4 is 0 Å². The molecule has 1 N–H and O–H groups in total. The van der Waals surface area contributed by atoms with Crippen molar-refractivity contribution in [3.63, 3.8) is 0 Å². The van der Waals surface area contributed by atoms with Crippen LogP contribution in [-0.4, -0.2) is 176 Å². The van der Waals surface area contributed by atoms with Crippen molar-refractivity contribution in [1.82, 2.24) is 0 Å². The number of hydrogen-bond donors (Lipinski definition) is 1. The molecule has 0 aliphatic carbocycles. The first-order valence-electron chi connectivity index (χ1n) is 14.0. The molecule has 0 aliphatic rings. The molecular formula is C26H51FO14. The third-order valence-electron chi connectivity index (χ3n) is 4.54. The molecule has 14 nitrogen and oxygen atoms in total. The lowest BCUT2D eigenvalue weighted by atomic mass is 10.6. The topological polar surface area (TPSA) is 148 Å². The number of halogens is 1. The van der Waals surface area contributed by atoms with Gasteiger partial charge in [-0.1, -0.05) is 0 Å². The summed E-state index contributed by atoms with van der Waals surface area (Å²) in [4.78, 5) is 10.3. The van der Waals surface area contributed by atoms with E-state index in [-0.39, 0.29) is 19.8 Å². The summed E-state index contributed by atoms with van der Waals surface area (Å²) in [5.41, 5.74) is 0. The van der Waals surface area contributed by atoms with E-state index in [1.165, 1.54) is 0 Å². The van der Waals surface area contributed by atoms with Crippen LogP contribution in [0.2, 0.25) is 0 Å². The summed E-state index contributed by atoms with van der Waals surface area (Å²) in [5.74, 6) is -0.999. The lowest BCUT2D eigenvalue weighted by Gasteiger charge is -2.09. The summed E-state index contributed by atoms with van der Waals surface area (Å²) in [6, 6.07) is 0. The summed E-state index contributed by atoms with van der Waals surface area (Å²) >= 11 is 0. The minimum Gasteiger partial charge on any atom is -0.480 e. The Morgan fingerprint density at radius 3 is 0.683 bits per heavy atom. The fraction of sp³-hybridized carbons (Fsp3) is 0.962. The van der Waals surface area contributed by atoms with Crippen LogP contribution in [0.1, 0.15) is 0 Å². The molecule has 0 heterocycles. The normalized spacial score (nSPS) is 11.4. The third kappa shape index (κ3) is 38.9. The van der Waals surface area contributed by atoms with E-state index in [0.717, 1.165) is 0 Å². The highest BCUT2D eigenvalue weighted by Crippen LogP contribution is 1.87. The average molecular weight is 607 g/mol. The van der Waals surface area contributed by atoms with Crippen LogP contribution in [0.4, 0.5) is 4.39 Å². The summed E-state index contributed by atoms with van der Waals surface area (Å²) in [5, 5.41) is 8.41. The molecule has 246 valence electrons. The predicted molar refractivity (Wildman–Crippen MR) is 143 cm³/mol. The van der Waals surface area contributed by atoms with Crippen LogP contribution in [0.15, 0.2) is 0 Å². The number of carboxylic acids is 1. The largest absolute Gasteiger partial charge is 0.480 e. The summed E-state index contributed by atoms with van der Waals surface area (Å²) in [7, 11) is 0. The summed E-state index contributed by atoms with van der Waals surface area (Å²) in [6.45, 7) is 9.17. The first-order chi connectivity index (χ1) is 20.3. The van der Waals surface area contributed by atoms with Crippen LogP contribution >= 0.6 is 0 Å². The number of rotatable bonds is 37. The molecule has 0 atom stereocenters. The maximum Gasteiger partial charge on any atom is 0.329 e. The zero-order valence-corrected chi connectivity index (χ0v) is 24.3. The lowest BCUT2D eigenvalue weighted by molar-refractivity contribution is -0.142. The van der Waals surface area contributed by atoms with Gasteiger partial charge in [-0.05, 0) is 0 Å². The van der Waals surface area contributed by atoms with Crippen LogP contribution in [-0.2, 0) is 61.6 Å². The molecule has 15 heteroatoms. The zero-order chi connectivity index (χ0) is 29.7. The highest BCUT2D eigenvalue weighted by Gasteiger charge is 1.97. The second-order valence-corrected chi connectivity index (χ2v) is 7.87. The Balaban J connectivity index is 3.03. The molecule has 0 saturated heterocycles. The SMILES string of the molecule is O=C(O)COCCOCCOCCOCCOCCOCCOCCOCCOCCOCCOCCOCCF. The molecule has 0 rings (SSSR count). The molecule has 0 saturated carbocycles. The molecule has 0 aromatic rings. The molecule has 0 aliphatic heterocycles. The summed E-state index contributed by atoms with van der Waals surface area (Å²) in [6.07, 6.45) is 0. The first-order valence-corrected chi connectivity index (χ1v) is 14.0. The number of carboxylic acid groups (broad SMARTS) is 1. The highest BCUT2D eigenvalue weighted by atomic mass is 19.1. The van der Waals surface area contributed by atoms with Gasteiger partial charge in [0.2, 0.25) is 0 Å². The van der Waals surface area contributed by atoms with Gasteiger partial charge in [-0.2, -0.15) is 0 Å². The second-order valence-electron chi connectivity index (χ2n) is 7.87. The Labute approximate surface area is 242 Å². The fourth-order valence-corrected chi connectivity index (χ4v) is 2.63. The van der Waals surface area contributed by atoms with Gasteiger partial charge in [-0.3, -0.25) is 0 Å². The molecule has 0 aromatic heterocycles. The van der Waals surface area contributed by atoms with Gasteiger partial charge in [0.15, 0.2) is 0 Å². The predicted octanol–water partition coefficient (Wildman–Crippen LogP) is 0.240. The summed E-state index contributed by atoms with van der Waals surface area (Å²) < 4.78 is 75.3. The molecular weight excluding hydrogens is 555 g/mol. The molecule has 0 amide bonds. The van der Waals surface area contributed by atoms with Crippen molar-refractivity contribution in [3.05, 3.63) is 0 Å². The Hall–Kier alpha value is -1.08. The highest BCUT2D eigenvalue weighted by molar-refractivity contribution is 5.67. The Morgan fingerprint density at radius 1 is 0.341 bits per heavy atom. The van der Waals surface area contributed by atoms with Gasteiger partial charge in [0.25, 0.3) is 0 Å². The van der Waals surface area contributed by atoms with Crippen LogP contribution in [0.25, 0.3) is 0 Å². The van der Waals surface area contributed by atoms with Gasteiger partial charge < -0.3 is 61.9 Å². The van der Waals surface area contributed by atoms with Crippen molar-refractivity contribution in [2.45, 2.75) is 0 Å². The molecule has 0 spiro atoms. The monoisotopic (exact) mass is 606 g/mol. The third-order valence-corrected chi connectivity index (χ3v) is 4.54. The zero-order valence-electron chi connectivity index (χ0n) is 24.3. The minimum absolute atomic E-state index is 0.108. The van der Waals surface area contributed by atoms with Crippen molar-refractivity contribution in [3.8, 4) is 0 Å². The van der Waals surface area contributed by atoms with Gasteiger partial charge >= 0.3 is 5.97 Å². The maximum atomic E-state index is 11.8. The van der Waals surface area contributed by atoms with Crippen LogP contribution in [0.5, 0.6) is 0 Å². The number of hydrogen-bond acceptors (Lipinski definition) is 13. The quantitative estimate of drug-likeness (QED) is 0.0963. The molecule has 0 unspecified atom stereocenters. The van der Waals surface area contributed by atoms with Gasteiger partial charge in [-0.25, -0.2) is 9.18 Å². The van der Waals surface area contributed by atoms with Crippen molar-refractivity contribution >= 4 is 5.97 Å². The van der Waals surface area contributed by atoms with Crippen molar-refractivity contribution in [2.75, 3.05) is 165 Å². The van der Waals surface area contributed by atoms with E-state index < -0.39 is 12.6 Å². The van der Waals surface area contributed by atoms with E-state index in [1.54, 1.807) is 0 Å². The smallest absolute Gasteiger partial charge is 0.329 e. The van der Waals surface area contributed by atoms with Crippen molar-refractivity contribution in [2.24, 2.45) is 0 Å². The lowest BCUT2D eigenvalue weighted by Crippen LogP contribution is -2.15. The Bertz CT molecular complexity index is 507. The Morgan fingerprint density at radius 2 is 0.512 bits per heavy atom. The van der Waals surface area contributed by atoms with E-state index in [2.05, 4.69) is 0 Å². The van der Waals surface area contributed by atoms with Gasteiger partial charge in [0.05, 0.1) is 152 Å². The van der Waals surface area contributed by atoms with Crippen LogP contribution in [0.3, 0.4) is 0 Å². The van der Waals surface area contributed by atoms with Crippen molar-refractivity contribution in [1.29, 1.82) is 0 Å². The number of alkyl halides is 1. The molecule has 0 aromatic carbocycles. The molecule has 41 heavy (non-hydrogen) atoms. The van der Waals surface area contributed by atoms with Gasteiger partial charge in [0.1, 0.15) is 13.3 Å². The van der Waals surface area contributed by atoms with Gasteiger partial charge in [0, 0.05) is 0 Å². The molecule has 0 radical (unpaired) electrons. The minimum atomic E-state index is -0.999. The second kappa shape index (κ2) is 36.9. The molecule has 0 bridgehead atoms. The van der Waals surface area contributed by atoms with E-state index in [0.29, 0.717) is 139 Å². The maximum absolute atomic E-state index is 11.8. The van der Waals surface area contributed by atoms with Gasteiger partial charge in [-0.15, -0.1) is 0 Å². The molecule has 0 fully saturated rings. The average Bonchev–Trinajstić information content (AvgIpc) is 2.97. The number of ether oxygens (including phenoxy) is 12. The van der Waals surface area contributed by atoms with E-state index in [9.17, 15) is 9.18 Å².